The molecule has 31 heavy (non-hydrogen) atoms. The molecule has 0 fully saturated rings. The Balaban J connectivity index is 1.72. The molecular formula is C23H22ClN3O4. The van der Waals surface area contributed by atoms with Crippen LogP contribution in [0.1, 0.15) is 28.4 Å². The molecular weight excluding hydrogens is 418 g/mol. The van der Waals surface area contributed by atoms with Crippen molar-refractivity contribution in [2.75, 3.05) is 13.7 Å². The number of hydrogen-bond donors (Lipinski definition) is 1. The summed E-state index contributed by atoms with van der Waals surface area (Å²) in [7, 11) is 1.56. The fourth-order valence-corrected chi connectivity index (χ4v) is 3.15. The predicted octanol–water partition coefficient (Wildman–Crippen LogP) is 3.72. The number of aromatic nitrogens is 1. The van der Waals surface area contributed by atoms with Crippen LogP contribution in [0.25, 0.3) is 0 Å². The van der Waals surface area contributed by atoms with Crippen LogP contribution in [0.4, 0.5) is 0 Å². The van der Waals surface area contributed by atoms with Crippen LogP contribution in [0.3, 0.4) is 0 Å². The standard InChI is InChI=1S/C23H22ClN3O4/c1-3-31-21-13-16(9-10-20(21)30-2)14-25-26-22(28)19-8-5-11-27(23(19)29)15-17-6-4-7-18(24)12-17/h4-14H,3,15H2,1-2H3,(H,26,28)/b25-14-. The van der Waals surface area contributed by atoms with Crippen molar-refractivity contribution in [1.82, 2.24) is 9.99 Å². The van der Waals surface area contributed by atoms with Gasteiger partial charge in [0, 0.05) is 11.2 Å². The van der Waals surface area contributed by atoms with Crippen molar-refractivity contribution < 1.29 is 14.3 Å². The second-order valence-electron chi connectivity index (χ2n) is 6.53. The van der Waals surface area contributed by atoms with Crippen LogP contribution in [0.5, 0.6) is 11.5 Å². The van der Waals surface area contributed by atoms with E-state index in [1.807, 2.05) is 19.1 Å². The van der Waals surface area contributed by atoms with Gasteiger partial charge in [-0.2, -0.15) is 5.10 Å². The Morgan fingerprint density at radius 1 is 1.16 bits per heavy atom. The summed E-state index contributed by atoms with van der Waals surface area (Å²) in [5, 5.41) is 4.54. The predicted molar refractivity (Wildman–Crippen MR) is 120 cm³/mol. The summed E-state index contributed by atoms with van der Waals surface area (Å²) in [5.74, 6) is 0.583. The van der Waals surface area contributed by atoms with Gasteiger partial charge in [0.1, 0.15) is 5.56 Å². The van der Waals surface area contributed by atoms with Gasteiger partial charge in [-0.3, -0.25) is 9.59 Å². The highest BCUT2D eigenvalue weighted by molar-refractivity contribution is 6.30. The Hall–Kier alpha value is -3.58. The van der Waals surface area contributed by atoms with E-state index < -0.39 is 11.5 Å². The first-order valence-electron chi connectivity index (χ1n) is 9.60. The second-order valence-corrected chi connectivity index (χ2v) is 6.96. The normalized spacial score (nSPS) is 10.8. The molecule has 160 valence electrons. The molecule has 0 saturated carbocycles. The van der Waals surface area contributed by atoms with E-state index in [2.05, 4.69) is 10.5 Å². The van der Waals surface area contributed by atoms with Gasteiger partial charge in [-0.05, 0) is 60.5 Å². The van der Waals surface area contributed by atoms with E-state index in [1.54, 1.807) is 49.7 Å². The lowest BCUT2D eigenvalue weighted by Gasteiger charge is -2.09. The first-order valence-corrected chi connectivity index (χ1v) is 9.97. The molecule has 0 unspecified atom stereocenters. The third kappa shape index (κ3) is 5.73. The molecule has 0 aliphatic heterocycles. The summed E-state index contributed by atoms with van der Waals surface area (Å²) in [5.41, 5.74) is 3.53. The molecule has 1 amide bonds. The smallest absolute Gasteiger partial charge is 0.276 e. The number of nitrogens with one attached hydrogen (secondary N) is 1. The number of ether oxygens (including phenoxy) is 2. The third-order valence-electron chi connectivity index (χ3n) is 4.37. The zero-order chi connectivity index (χ0) is 22.2. The van der Waals surface area contributed by atoms with Gasteiger partial charge in [0.15, 0.2) is 11.5 Å². The Bertz CT molecular complexity index is 1160. The topological polar surface area (TPSA) is 81.9 Å². The van der Waals surface area contributed by atoms with Crippen LogP contribution in [-0.4, -0.2) is 30.4 Å². The minimum absolute atomic E-state index is 0.00795. The SMILES string of the molecule is CCOc1cc(/C=N\NC(=O)c2cccn(Cc3cccc(Cl)c3)c2=O)ccc1OC. The van der Waals surface area contributed by atoms with E-state index in [0.717, 1.165) is 5.56 Å². The number of benzene rings is 2. The Morgan fingerprint density at radius 3 is 2.74 bits per heavy atom. The number of methoxy groups -OCH3 is 1. The van der Waals surface area contributed by atoms with Crippen molar-refractivity contribution in [3.8, 4) is 11.5 Å². The molecule has 3 aromatic rings. The number of carbonyl (C=O) groups excluding carboxylic acids is 1. The fourth-order valence-electron chi connectivity index (χ4n) is 2.93. The lowest BCUT2D eigenvalue weighted by Crippen LogP contribution is -2.30. The van der Waals surface area contributed by atoms with Gasteiger partial charge in [0.05, 0.1) is 26.5 Å². The average Bonchev–Trinajstić information content (AvgIpc) is 2.75. The quantitative estimate of drug-likeness (QED) is 0.428. The average molecular weight is 440 g/mol. The van der Waals surface area contributed by atoms with E-state index in [9.17, 15) is 9.59 Å². The molecule has 8 heteroatoms. The minimum atomic E-state index is -0.597. The lowest BCUT2D eigenvalue weighted by atomic mass is 10.2. The van der Waals surface area contributed by atoms with Crippen LogP contribution in [-0.2, 0) is 6.54 Å². The zero-order valence-electron chi connectivity index (χ0n) is 17.2. The minimum Gasteiger partial charge on any atom is -0.493 e. The molecule has 0 radical (unpaired) electrons. The molecule has 0 bridgehead atoms. The van der Waals surface area contributed by atoms with Gasteiger partial charge in [0.25, 0.3) is 11.5 Å². The zero-order valence-corrected chi connectivity index (χ0v) is 17.9. The monoisotopic (exact) mass is 439 g/mol. The highest BCUT2D eigenvalue weighted by Crippen LogP contribution is 2.27. The maximum absolute atomic E-state index is 12.7. The van der Waals surface area contributed by atoms with E-state index in [4.69, 9.17) is 21.1 Å². The van der Waals surface area contributed by atoms with Crippen LogP contribution >= 0.6 is 11.6 Å². The second kappa shape index (κ2) is 10.4. The van der Waals surface area contributed by atoms with Crippen LogP contribution < -0.4 is 20.5 Å². The molecule has 7 nitrogen and oxygen atoms in total. The van der Waals surface area contributed by atoms with Crippen molar-refractivity contribution in [1.29, 1.82) is 0 Å². The number of hydrazone groups is 1. The highest BCUT2D eigenvalue weighted by Gasteiger charge is 2.12. The van der Waals surface area contributed by atoms with Crippen LogP contribution in [0.15, 0.2) is 70.7 Å². The largest absolute Gasteiger partial charge is 0.493 e. The van der Waals surface area contributed by atoms with Crippen molar-refractivity contribution in [3.05, 3.63) is 92.9 Å². The molecule has 1 aromatic heterocycles. The molecule has 0 atom stereocenters. The Kier molecular flexibility index (Phi) is 7.45. The molecule has 2 aromatic carbocycles. The molecule has 1 heterocycles. The number of nitrogens with zero attached hydrogens (tertiary/aromatic N) is 2. The summed E-state index contributed by atoms with van der Waals surface area (Å²) in [6.45, 7) is 2.67. The van der Waals surface area contributed by atoms with Crippen LogP contribution in [0.2, 0.25) is 5.02 Å². The Labute approximate surface area is 184 Å². The molecule has 3 rings (SSSR count). The molecule has 0 spiro atoms. The van der Waals surface area contributed by atoms with Gasteiger partial charge in [0.2, 0.25) is 0 Å². The van der Waals surface area contributed by atoms with E-state index in [0.29, 0.717) is 35.2 Å². The number of pyridine rings is 1. The number of halogens is 1. The van der Waals surface area contributed by atoms with E-state index in [-0.39, 0.29) is 5.56 Å². The first kappa shape index (κ1) is 22.1. The van der Waals surface area contributed by atoms with Gasteiger partial charge >= 0.3 is 0 Å². The summed E-state index contributed by atoms with van der Waals surface area (Å²) in [6.07, 6.45) is 3.09. The number of hydrogen-bond acceptors (Lipinski definition) is 5. The van der Waals surface area contributed by atoms with Gasteiger partial charge in [-0.1, -0.05) is 23.7 Å². The highest BCUT2D eigenvalue weighted by atomic mass is 35.5. The summed E-state index contributed by atoms with van der Waals surface area (Å²) >= 11 is 6.00. The van der Waals surface area contributed by atoms with Gasteiger partial charge in [-0.15, -0.1) is 0 Å². The molecule has 0 saturated heterocycles. The third-order valence-corrected chi connectivity index (χ3v) is 4.61. The summed E-state index contributed by atoms with van der Waals surface area (Å²) < 4.78 is 12.2. The van der Waals surface area contributed by atoms with Crippen LogP contribution in [0, 0.1) is 0 Å². The van der Waals surface area contributed by atoms with Gasteiger partial charge < -0.3 is 14.0 Å². The fraction of sp³-hybridized carbons (Fsp3) is 0.174. The maximum atomic E-state index is 12.7. The van der Waals surface area contributed by atoms with E-state index >= 15 is 0 Å². The van der Waals surface area contributed by atoms with Crippen molar-refractivity contribution >= 4 is 23.7 Å². The first-order chi connectivity index (χ1) is 15.0. The summed E-state index contributed by atoms with van der Waals surface area (Å²) in [4.78, 5) is 25.2. The Morgan fingerprint density at radius 2 is 2.00 bits per heavy atom. The number of carbonyl (C=O) groups is 1. The summed E-state index contributed by atoms with van der Waals surface area (Å²) in [6, 6.07) is 15.6. The molecule has 0 aliphatic carbocycles. The lowest BCUT2D eigenvalue weighted by molar-refractivity contribution is 0.0953. The maximum Gasteiger partial charge on any atom is 0.276 e. The number of amides is 1. The van der Waals surface area contributed by atoms with Gasteiger partial charge in [-0.25, -0.2) is 5.43 Å². The number of rotatable bonds is 8. The molecule has 0 aliphatic rings. The van der Waals surface area contributed by atoms with Crippen molar-refractivity contribution in [3.63, 3.8) is 0 Å². The van der Waals surface area contributed by atoms with Crippen molar-refractivity contribution in [2.45, 2.75) is 13.5 Å². The van der Waals surface area contributed by atoms with Crippen molar-refractivity contribution in [2.24, 2.45) is 5.10 Å². The van der Waals surface area contributed by atoms with E-state index in [1.165, 1.54) is 16.8 Å². The molecule has 1 N–H and O–H groups in total.